The molecule has 0 aromatic heterocycles. The molecule has 8 heavy (non-hydrogen) atoms. The molecule has 0 spiro atoms. The number of hydrogen-bond donors (Lipinski definition) is 1. The van der Waals surface area contributed by atoms with Gasteiger partial charge in [0.15, 0.2) is 0 Å². The first-order valence-corrected chi connectivity index (χ1v) is 3.61. The molecule has 0 bridgehead atoms. The van der Waals surface area contributed by atoms with Gasteiger partial charge in [0.2, 0.25) is 0 Å². The van der Waals surface area contributed by atoms with E-state index in [1.807, 2.05) is 0 Å². The highest BCUT2D eigenvalue weighted by molar-refractivity contribution is 4.94. The molecular weight excluding hydrogens is 98.1 g/mol. The first kappa shape index (κ1) is 4.80. The van der Waals surface area contributed by atoms with Crippen LogP contribution in [0.5, 0.6) is 0 Å². The van der Waals surface area contributed by atoms with E-state index < -0.39 is 0 Å². The zero-order chi connectivity index (χ0) is 5.56. The fourth-order valence-corrected chi connectivity index (χ4v) is 2.00. The van der Waals surface area contributed by atoms with Crippen molar-refractivity contribution in [1.29, 1.82) is 0 Å². The molecule has 0 amide bonds. The molecule has 1 aliphatic carbocycles. The number of rotatable bonds is 0. The van der Waals surface area contributed by atoms with Crippen LogP contribution in [0.2, 0.25) is 0 Å². The topological polar surface area (TPSA) is 12.0 Å². The summed E-state index contributed by atoms with van der Waals surface area (Å²) in [5, 5.41) is 3.48. The van der Waals surface area contributed by atoms with Gasteiger partial charge in [-0.2, -0.15) is 0 Å². The smallest absolute Gasteiger partial charge is 0.00702 e. The van der Waals surface area contributed by atoms with Crippen molar-refractivity contribution in [3.05, 3.63) is 0 Å². The minimum absolute atomic E-state index is 0.828. The molecule has 2 rings (SSSR count). The molecule has 0 aromatic rings. The molecule has 1 nitrogen and oxygen atoms in total. The molecule has 2 aliphatic rings. The molecule has 46 valence electrons. The highest BCUT2D eigenvalue weighted by Crippen LogP contribution is 2.39. The van der Waals surface area contributed by atoms with Crippen LogP contribution in [0, 0.1) is 11.8 Å². The lowest BCUT2D eigenvalue weighted by molar-refractivity contribution is 0.215. The third-order valence-electron chi connectivity index (χ3n) is 2.82. The van der Waals surface area contributed by atoms with Gasteiger partial charge >= 0.3 is 0 Å². The Hall–Kier alpha value is -0.0400. The molecule has 0 aromatic carbocycles. The predicted octanol–water partition coefficient (Wildman–Crippen LogP) is 1.00. The van der Waals surface area contributed by atoms with Gasteiger partial charge in [0, 0.05) is 6.04 Å². The van der Waals surface area contributed by atoms with Crippen molar-refractivity contribution in [3.63, 3.8) is 0 Å². The molecule has 1 saturated heterocycles. The van der Waals surface area contributed by atoms with E-state index in [0.717, 1.165) is 17.9 Å². The van der Waals surface area contributed by atoms with Crippen molar-refractivity contribution >= 4 is 0 Å². The zero-order valence-corrected chi connectivity index (χ0v) is 5.35. The first-order chi connectivity index (χ1) is 3.88. The SMILES string of the molecule is CC1NCC2CCC21. The summed E-state index contributed by atoms with van der Waals surface area (Å²) in [6.45, 7) is 3.61. The maximum Gasteiger partial charge on any atom is 0.00702 e. The summed E-state index contributed by atoms with van der Waals surface area (Å²) < 4.78 is 0. The number of nitrogens with one attached hydrogen (secondary N) is 1. The maximum atomic E-state index is 3.48. The second-order valence-corrected chi connectivity index (χ2v) is 3.20. The normalized spacial score (nSPS) is 52.9. The lowest BCUT2D eigenvalue weighted by Gasteiger charge is -2.31. The van der Waals surface area contributed by atoms with Crippen molar-refractivity contribution in [2.24, 2.45) is 11.8 Å². The van der Waals surface area contributed by atoms with Crippen LogP contribution in [0.15, 0.2) is 0 Å². The molecule has 3 unspecified atom stereocenters. The zero-order valence-electron chi connectivity index (χ0n) is 5.35. The van der Waals surface area contributed by atoms with Crippen LogP contribution in [0.3, 0.4) is 0 Å². The third kappa shape index (κ3) is 0.455. The van der Waals surface area contributed by atoms with Gasteiger partial charge in [-0.3, -0.25) is 0 Å². The van der Waals surface area contributed by atoms with Crippen molar-refractivity contribution in [2.75, 3.05) is 6.54 Å². The van der Waals surface area contributed by atoms with Crippen LogP contribution in [-0.2, 0) is 0 Å². The van der Waals surface area contributed by atoms with Gasteiger partial charge in [-0.05, 0) is 38.1 Å². The number of fused-ring (bicyclic) bond motifs is 1. The predicted molar refractivity (Wildman–Crippen MR) is 33.7 cm³/mol. The Morgan fingerprint density at radius 3 is 2.50 bits per heavy atom. The Balaban J connectivity index is 2.05. The van der Waals surface area contributed by atoms with Gasteiger partial charge in [0.25, 0.3) is 0 Å². The van der Waals surface area contributed by atoms with Gasteiger partial charge in [0.05, 0.1) is 0 Å². The largest absolute Gasteiger partial charge is 0.314 e. The molecule has 3 atom stereocenters. The second-order valence-electron chi connectivity index (χ2n) is 3.20. The van der Waals surface area contributed by atoms with Gasteiger partial charge in [-0.1, -0.05) is 0 Å². The Labute approximate surface area is 50.5 Å². The van der Waals surface area contributed by atoms with Gasteiger partial charge in [-0.25, -0.2) is 0 Å². The first-order valence-electron chi connectivity index (χ1n) is 3.61. The van der Waals surface area contributed by atoms with E-state index in [-0.39, 0.29) is 0 Å². The van der Waals surface area contributed by atoms with Crippen LogP contribution < -0.4 is 5.32 Å². The highest BCUT2D eigenvalue weighted by atomic mass is 15.0. The van der Waals surface area contributed by atoms with Crippen LogP contribution >= 0.6 is 0 Å². The molecule has 0 radical (unpaired) electrons. The molecule has 1 heterocycles. The molecular formula is C7H13N. The Morgan fingerprint density at radius 1 is 1.38 bits per heavy atom. The van der Waals surface area contributed by atoms with E-state index >= 15 is 0 Å². The van der Waals surface area contributed by atoms with Crippen LogP contribution in [0.4, 0.5) is 0 Å². The van der Waals surface area contributed by atoms with E-state index in [2.05, 4.69) is 12.2 Å². The van der Waals surface area contributed by atoms with E-state index in [9.17, 15) is 0 Å². The minimum atomic E-state index is 0.828. The van der Waals surface area contributed by atoms with Crippen LogP contribution in [0.1, 0.15) is 19.8 Å². The summed E-state index contributed by atoms with van der Waals surface area (Å²) in [6.07, 6.45) is 2.97. The van der Waals surface area contributed by atoms with Gasteiger partial charge in [-0.15, -0.1) is 0 Å². The lowest BCUT2D eigenvalue weighted by atomic mass is 9.73. The molecule has 1 heteroatoms. The maximum absolute atomic E-state index is 3.48. The van der Waals surface area contributed by atoms with E-state index in [4.69, 9.17) is 0 Å². The van der Waals surface area contributed by atoms with E-state index in [1.54, 1.807) is 0 Å². The molecule has 1 N–H and O–H groups in total. The molecule has 1 aliphatic heterocycles. The third-order valence-corrected chi connectivity index (χ3v) is 2.82. The lowest BCUT2D eigenvalue weighted by Crippen LogP contribution is -2.28. The van der Waals surface area contributed by atoms with Crippen LogP contribution in [0.25, 0.3) is 0 Å². The second kappa shape index (κ2) is 1.47. The summed E-state index contributed by atoms with van der Waals surface area (Å²) >= 11 is 0. The van der Waals surface area contributed by atoms with Crippen molar-refractivity contribution in [2.45, 2.75) is 25.8 Å². The van der Waals surface area contributed by atoms with Crippen molar-refractivity contribution in [3.8, 4) is 0 Å². The van der Waals surface area contributed by atoms with Crippen molar-refractivity contribution in [1.82, 2.24) is 5.32 Å². The summed E-state index contributed by atoms with van der Waals surface area (Å²) in [7, 11) is 0. The fourth-order valence-electron chi connectivity index (χ4n) is 2.00. The van der Waals surface area contributed by atoms with Gasteiger partial charge in [0.1, 0.15) is 0 Å². The monoisotopic (exact) mass is 111 g/mol. The van der Waals surface area contributed by atoms with E-state index in [0.29, 0.717) is 0 Å². The average molecular weight is 111 g/mol. The van der Waals surface area contributed by atoms with Gasteiger partial charge < -0.3 is 5.32 Å². The van der Waals surface area contributed by atoms with Crippen LogP contribution in [-0.4, -0.2) is 12.6 Å². The Bertz CT molecular complexity index is 94.6. The number of hydrogen-bond acceptors (Lipinski definition) is 1. The standard InChI is InChI=1S/C7H13N/c1-5-7-3-2-6(7)4-8-5/h5-8H,2-4H2,1H3. The summed E-state index contributed by atoms with van der Waals surface area (Å²) in [5.74, 6) is 2.11. The summed E-state index contributed by atoms with van der Waals surface area (Å²) in [5.41, 5.74) is 0. The summed E-state index contributed by atoms with van der Waals surface area (Å²) in [6, 6.07) is 0.828. The quantitative estimate of drug-likeness (QED) is 0.492. The minimum Gasteiger partial charge on any atom is -0.314 e. The highest BCUT2D eigenvalue weighted by Gasteiger charge is 2.39. The summed E-state index contributed by atoms with van der Waals surface area (Å²) in [4.78, 5) is 0. The van der Waals surface area contributed by atoms with Crippen molar-refractivity contribution < 1.29 is 0 Å². The Kier molecular flexibility index (Phi) is 0.884. The average Bonchev–Trinajstić information content (AvgIpc) is 1.80. The molecule has 2 fully saturated rings. The van der Waals surface area contributed by atoms with E-state index in [1.165, 1.54) is 19.4 Å². The Morgan fingerprint density at radius 2 is 2.25 bits per heavy atom. The fraction of sp³-hybridized carbons (Fsp3) is 1.00. The molecule has 1 saturated carbocycles.